The summed E-state index contributed by atoms with van der Waals surface area (Å²) in [6.45, 7) is 2.18. The molecule has 4 nitrogen and oxygen atoms in total. The average Bonchev–Trinajstić information content (AvgIpc) is 2.75. The molecule has 14 heavy (non-hydrogen) atoms. The molecule has 2 aromatic heterocycles. The third-order valence-electron chi connectivity index (χ3n) is 1.73. The van der Waals surface area contributed by atoms with Crippen LogP contribution >= 0.6 is 22.9 Å². The molecule has 0 saturated carbocycles. The van der Waals surface area contributed by atoms with Crippen molar-refractivity contribution in [3.05, 3.63) is 21.9 Å². The summed E-state index contributed by atoms with van der Waals surface area (Å²) < 4.78 is 5.29. The molecule has 6 heteroatoms. The molecule has 0 unspecified atom stereocenters. The number of hydrogen-bond donors (Lipinski definition) is 1. The van der Waals surface area contributed by atoms with Gasteiger partial charge in [0, 0.05) is 0 Å². The number of halogens is 1. The van der Waals surface area contributed by atoms with E-state index in [2.05, 4.69) is 10.2 Å². The Balaban J connectivity index is 2.44. The van der Waals surface area contributed by atoms with Crippen molar-refractivity contribution in [2.75, 3.05) is 0 Å². The Morgan fingerprint density at radius 1 is 1.57 bits per heavy atom. The van der Waals surface area contributed by atoms with Gasteiger partial charge in [-0.15, -0.1) is 21.5 Å². The van der Waals surface area contributed by atoms with Crippen LogP contribution in [0.5, 0.6) is 0 Å². The highest BCUT2D eigenvalue weighted by molar-refractivity contribution is 7.14. The van der Waals surface area contributed by atoms with Gasteiger partial charge in [0.05, 0.1) is 11.6 Å². The molecule has 0 saturated heterocycles. The molecule has 0 bridgehead atoms. The van der Waals surface area contributed by atoms with Crippen LogP contribution in [0.1, 0.15) is 11.5 Å². The molecule has 0 amide bonds. The number of nitrogens with zero attached hydrogens (tertiary/aromatic N) is 2. The van der Waals surface area contributed by atoms with Gasteiger partial charge < -0.3 is 10.2 Å². The summed E-state index contributed by atoms with van der Waals surface area (Å²) in [4.78, 5) is 0.802. The molecular weight excluding hydrogens is 222 g/mol. The normalized spacial score (nSPS) is 10.8. The fourth-order valence-electron chi connectivity index (χ4n) is 1.00. The maximum Gasteiger partial charge on any atom is 0.259 e. The van der Waals surface area contributed by atoms with Crippen molar-refractivity contribution in [2.24, 2.45) is 5.73 Å². The van der Waals surface area contributed by atoms with Gasteiger partial charge in [0.2, 0.25) is 5.89 Å². The van der Waals surface area contributed by atoms with Crippen molar-refractivity contribution in [1.82, 2.24) is 10.2 Å². The molecule has 0 radical (unpaired) electrons. The van der Waals surface area contributed by atoms with E-state index in [0.29, 0.717) is 16.8 Å². The highest BCUT2D eigenvalue weighted by Gasteiger charge is 2.14. The smallest absolute Gasteiger partial charge is 0.259 e. The Hall–Kier alpha value is -0.910. The summed E-state index contributed by atoms with van der Waals surface area (Å²) in [5.41, 5.74) is 6.37. The first-order valence-corrected chi connectivity index (χ1v) is 5.24. The first-order chi connectivity index (χ1) is 6.72. The number of aryl methyl sites for hydroxylation is 1. The molecule has 2 rings (SSSR count). The van der Waals surface area contributed by atoms with Gasteiger partial charge in [0.15, 0.2) is 0 Å². The molecule has 0 aromatic carbocycles. The molecule has 0 aliphatic heterocycles. The van der Waals surface area contributed by atoms with E-state index >= 15 is 0 Å². The Bertz CT molecular complexity index is 451. The largest absolute Gasteiger partial charge is 0.418 e. The summed E-state index contributed by atoms with van der Waals surface area (Å²) in [6.07, 6.45) is 0. The van der Waals surface area contributed by atoms with Crippen LogP contribution in [0.4, 0.5) is 0 Å². The molecule has 0 atom stereocenters. The maximum atomic E-state index is 6.05. The lowest BCUT2D eigenvalue weighted by Gasteiger charge is -1.90. The second-order valence-electron chi connectivity index (χ2n) is 2.77. The SMILES string of the molecule is Cc1csc(-c2nnc(CN)o2)c1Cl. The van der Waals surface area contributed by atoms with Crippen molar-refractivity contribution < 1.29 is 4.42 Å². The second kappa shape index (κ2) is 3.68. The number of nitrogens with two attached hydrogens (primary N) is 1. The molecule has 2 heterocycles. The zero-order chi connectivity index (χ0) is 10.1. The molecular formula is C8H8ClN3OS. The summed E-state index contributed by atoms with van der Waals surface area (Å²) in [5, 5.41) is 10.2. The molecule has 0 spiro atoms. The fourth-order valence-corrected chi connectivity index (χ4v) is 2.20. The standard InChI is InChI=1S/C8H8ClN3OS/c1-4-3-14-7(6(4)9)8-12-11-5(2-10)13-8/h3H,2,10H2,1H3. The van der Waals surface area contributed by atoms with Crippen LogP contribution < -0.4 is 5.73 Å². The third-order valence-corrected chi connectivity index (χ3v) is 3.42. The fraction of sp³-hybridized carbons (Fsp3) is 0.250. The number of aromatic nitrogens is 2. The topological polar surface area (TPSA) is 64.9 Å². The minimum atomic E-state index is 0.245. The molecule has 0 aliphatic rings. The highest BCUT2D eigenvalue weighted by atomic mass is 35.5. The van der Waals surface area contributed by atoms with Crippen molar-refractivity contribution in [2.45, 2.75) is 13.5 Å². The van der Waals surface area contributed by atoms with Crippen LogP contribution in [0.15, 0.2) is 9.80 Å². The predicted molar refractivity (Wildman–Crippen MR) is 55.2 cm³/mol. The van der Waals surface area contributed by atoms with Gasteiger partial charge in [-0.1, -0.05) is 11.6 Å². The van der Waals surface area contributed by atoms with Gasteiger partial charge in [0.25, 0.3) is 5.89 Å². The zero-order valence-electron chi connectivity index (χ0n) is 7.45. The van der Waals surface area contributed by atoms with Crippen LogP contribution in [-0.4, -0.2) is 10.2 Å². The monoisotopic (exact) mass is 229 g/mol. The maximum absolute atomic E-state index is 6.05. The van der Waals surface area contributed by atoms with Gasteiger partial charge >= 0.3 is 0 Å². The highest BCUT2D eigenvalue weighted by Crippen LogP contribution is 2.35. The first-order valence-electron chi connectivity index (χ1n) is 3.98. The van der Waals surface area contributed by atoms with E-state index in [4.69, 9.17) is 21.8 Å². The summed E-state index contributed by atoms with van der Waals surface area (Å²) in [7, 11) is 0. The van der Waals surface area contributed by atoms with E-state index in [1.165, 1.54) is 11.3 Å². The molecule has 0 fully saturated rings. The van der Waals surface area contributed by atoms with Crippen LogP contribution in [0.2, 0.25) is 5.02 Å². The van der Waals surface area contributed by atoms with Crippen LogP contribution in [-0.2, 0) is 6.54 Å². The van der Waals surface area contributed by atoms with Crippen molar-refractivity contribution in [3.63, 3.8) is 0 Å². The predicted octanol–water partition coefficient (Wildman–Crippen LogP) is 2.22. The molecule has 2 N–H and O–H groups in total. The minimum Gasteiger partial charge on any atom is -0.418 e. The van der Waals surface area contributed by atoms with Gasteiger partial charge in [-0.05, 0) is 17.9 Å². The van der Waals surface area contributed by atoms with Crippen molar-refractivity contribution in [3.8, 4) is 10.8 Å². The Kier molecular flexibility index (Phi) is 2.54. The molecule has 2 aromatic rings. The lowest BCUT2D eigenvalue weighted by Crippen LogP contribution is -1.95. The Labute approximate surface area is 89.7 Å². The first kappa shape index (κ1) is 9.64. The molecule has 74 valence electrons. The van der Waals surface area contributed by atoms with E-state index < -0.39 is 0 Å². The van der Waals surface area contributed by atoms with E-state index in [1.807, 2.05) is 12.3 Å². The summed E-state index contributed by atoms with van der Waals surface area (Å²) >= 11 is 7.53. The summed E-state index contributed by atoms with van der Waals surface area (Å²) in [5.74, 6) is 0.857. The van der Waals surface area contributed by atoms with Crippen molar-refractivity contribution in [1.29, 1.82) is 0 Å². The third kappa shape index (κ3) is 1.54. The van der Waals surface area contributed by atoms with E-state index in [-0.39, 0.29) is 6.54 Å². The number of rotatable bonds is 2. The Morgan fingerprint density at radius 3 is 2.86 bits per heavy atom. The molecule has 0 aliphatic carbocycles. The quantitative estimate of drug-likeness (QED) is 0.858. The van der Waals surface area contributed by atoms with Gasteiger partial charge in [-0.2, -0.15) is 0 Å². The summed E-state index contributed by atoms with van der Waals surface area (Å²) in [6, 6.07) is 0. The van der Waals surface area contributed by atoms with Crippen molar-refractivity contribution >= 4 is 22.9 Å². The lowest BCUT2D eigenvalue weighted by atomic mass is 10.3. The van der Waals surface area contributed by atoms with Crippen LogP contribution in [0.25, 0.3) is 10.8 Å². The van der Waals surface area contributed by atoms with Gasteiger partial charge in [-0.3, -0.25) is 0 Å². The van der Waals surface area contributed by atoms with E-state index in [0.717, 1.165) is 10.4 Å². The number of thiophene rings is 1. The minimum absolute atomic E-state index is 0.245. The van der Waals surface area contributed by atoms with E-state index in [9.17, 15) is 0 Å². The number of hydrogen-bond acceptors (Lipinski definition) is 5. The average molecular weight is 230 g/mol. The van der Waals surface area contributed by atoms with Gasteiger partial charge in [-0.25, -0.2) is 0 Å². The van der Waals surface area contributed by atoms with Crippen LogP contribution in [0.3, 0.4) is 0 Å². The van der Waals surface area contributed by atoms with Gasteiger partial charge in [0.1, 0.15) is 4.88 Å². The zero-order valence-corrected chi connectivity index (χ0v) is 9.02. The van der Waals surface area contributed by atoms with E-state index in [1.54, 1.807) is 0 Å². The Morgan fingerprint density at radius 2 is 2.36 bits per heavy atom. The van der Waals surface area contributed by atoms with Crippen LogP contribution in [0, 0.1) is 6.92 Å². The second-order valence-corrected chi connectivity index (χ2v) is 4.02. The lowest BCUT2D eigenvalue weighted by molar-refractivity contribution is 0.509.